The first-order valence-electron chi connectivity index (χ1n) is 8.24. The van der Waals surface area contributed by atoms with Crippen molar-refractivity contribution in [1.82, 2.24) is 4.72 Å². The van der Waals surface area contributed by atoms with Crippen LogP contribution in [-0.4, -0.2) is 26.6 Å². The van der Waals surface area contributed by atoms with Gasteiger partial charge in [0.1, 0.15) is 0 Å². The monoisotopic (exact) mass is 360 g/mol. The normalized spacial score (nSPS) is 11.3. The zero-order valence-corrected chi connectivity index (χ0v) is 15.4. The van der Waals surface area contributed by atoms with E-state index in [0.29, 0.717) is 18.5 Å². The molecule has 6 heteroatoms. The molecule has 134 valence electrons. The first-order valence-corrected chi connectivity index (χ1v) is 9.89. The maximum Gasteiger partial charge on any atom is 0.239 e. The number of hydrogen-bond acceptors (Lipinski definition) is 3. The Balaban J connectivity index is 1.77. The van der Waals surface area contributed by atoms with Crippen molar-refractivity contribution in [2.75, 3.05) is 17.6 Å². The number of carbonyl (C=O) groups is 1. The van der Waals surface area contributed by atoms with Crippen molar-refractivity contribution >= 4 is 21.6 Å². The molecule has 25 heavy (non-hydrogen) atoms. The van der Waals surface area contributed by atoms with E-state index in [9.17, 15) is 13.2 Å². The number of hydrogen-bond donors (Lipinski definition) is 2. The van der Waals surface area contributed by atoms with E-state index in [0.717, 1.165) is 16.7 Å². The van der Waals surface area contributed by atoms with Gasteiger partial charge in [-0.25, -0.2) is 13.1 Å². The summed E-state index contributed by atoms with van der Waals surface area (Å²) in [6.45, 7) is 3.61. The van der Waals surface area contributed by atoms with Gasteiger partial charge in [0.25, 0.3) is 0 Å². The Morgan fingerprint density at radius 3 is 2.44 bits per heavy atom. The number of aryl methyl sites for hydroxylation is 3. The molecule has 0 aliphatic carbocycles. The second-order valence-corrected chi connectivity index (χ2v) is 8.02. The first kappa shape index (κ1) is 19.1. The summed E-state index contributed by atoms with van der Waals surface area (Å²) in [5.74, 6) is -0.378. The fourth-order valence-electron chi connectivity index (χ4n) is 2.51. The summed E-state index contributed by atoms with van der Waals surface area (Å²) in [7, 11) is -3.47. The van der Waals surface area contributed by atoms with E-state index in [-0.39, 0.29) is 18.2 Å². The molecule has 0 radical (unpaired) electrons. The van der Waals surface area contributed by atoms with E-state index >= 15 is 0 Å². The summed E-state index contributed by atoms with van der Waals surface area (Å²) in [6, 6.07) is 15.4. The highest BCUT2D eigenvalue weighted by Crippen LogP contribution is 2.15. The van der Waals surface area contributed by atoms with Gasteiger partial charge in [0.05, 0.1) is 12.3 Å². The molecule has 0 bridgehead atoms. The van der Waals surface area contributed by atoms with Crippen LogP contribution in [0.25, 0.3) is 0 Å². The van der Waals surface area contributed by atoms with Crippen molar-refractivity contribution in [1.29, 1.82) is 0 Å². The molecule has 0 aliphatic rings. The Morgan fingerprint density at radius 1 is 1.04 bits per heavy atom. The highest BCUT2D eigenvalue weighted by molar-refractivity contribution is 7.89. The van der Waals surface area contributed by atoms with Crippen molar-refractivity contribution in [2.45, 2.75) is 26.7 Å². The number of benzene rings is 2. The van der Waals surface area contributed by atoms with Crippen LogP contribution in [0.15, 0.2) is 48.5 Å². The molecular weight excluding hydrogens is 336 g/mol. The van der Waals surface area contributed by atoms with Crippen LogP contribution in [0.1, 0.15) is 23.1 Å². The zero-order valence-electron chi connectivity index (χ0n) is 14.6. The van der Waals surface area contributed by atoms with Crippen molar-refractivity contribution in [3.63, 3.8) is 0 Å². The van der Waals surface area contributed by atoms with Gasteiger partial charge in [-0.15, -0.1) is 0 Å². The van der Waals surface area contributed by atoms with E-state index in [1.54, 1.807) is 0 Å². The van der Waals surface area contributed by atoms with Crippen LogP contribution in [0.5, 0.6) is 0 Å². The van der Waals surface area contributed by atoms with Crippen LogP contribution in [0, 0.1) is 13.8 Å². The van der Waals surface area contributed by atoms with Crippen LogP contribution in [0.2, 0.25) is 0 Å². The van der Waals surface area contributed by atoms with Crippen molar-refractivity contribution < 1.29 is 13.2 Å². The molecule has 0 atom stereocenters. The summed E-state index contributed by atoms with van der Waals surface area (Å²) < 4.78 is 26.4. The van der Waals surface area contributed by atoms with E-state index in [2.05, 4.69) is 10.0 Å². The lowest BCUT2D eigenvalue weighted by Crippen LogP contribution is -2.34. The van der Waals surface area contributed by atoms with Crippen LogP contribution < -0.4 is 10.0 Å². The quantitative estimate of drug-likeness (QED) is 0.760. The molecule has 2 rings (SSSR count). The minimum absolute atomic E-state index is 0.00126. The summed E-state index contributed by atoms with van der Waals surface area (Å²) in [5, 5.41) is 2.73. The fraction of sp³-hybridized carbons (Fsp3) is 0.316. The summed E-state index contributed by atoms with van der Waals surface area (Å²) >= 11 is 0. The molecule has 2 N–H and O–H groups in total. The maximum absolute atomic E-state index is 12.0. The second-order valence-electron chi connectivity index (χ2n) is 6.10. The predicted octanol–water partition coefficient (Wildman–Crippen LogP) is 2.79. The lowest BCUT2D eigenvalue weighted by molar-refractivity contribution is -0.115. The number of anilines is 1. The molecule has 2 aromatic rings. The largest absolute Gasteiger partial charge is 0.325 e. The third-order valence-electron chi connectivity index (χ3n) is 3.83. The van der Waals surface area contributed by atoms with Gasteiger partial charge in [-0.1, -0.05) is 48.0 Å². The Morgan fingerprint density at radius 2 is 1.76 bits per heavy atom. The lowest BCUT2D eigenvalue weighted by atomic mass is 10.1. The standard InChI is InChI=1S/C19H24N2O3S/c1-15-10-11-18(16(2)13-15)21-19(22)14-20-25(23,24)12-6-9-17-7-4-3-5-8-17/h3-5,7-8,10-11,13,20H,6,9,12,14H2,1-2H3,(H,21,22). The highest BCUT2D eigenvalue weighted by atomic mass is 32.2. The third-order valence-corrected chi connectivity index (χ3v) is 5.24. The van der Waals surface area contributed by atoms with Gasteiger partial charge in [0.15, 0.2) is 0 Å². The lowest BCUT2D eigenvalue weighted by Gasteiger charge is -2.10. The molecule has 0 fully saturated rings. The van der Waals surface area contributed by atoms with Gasteiger partial charge in [-0.3, -0.25) is 4.79 Å². The Hall–Kier alpha value is -2.18. The molecule has 1 amide bonds. The third kappa shape index (κ3) is 6.68. The Kier molecular flexibility index (Phi) is 6.73. The van der Waals surface area contributed by atoms with Crippen LogP contribution in [0.4, 0.5) is 5.69 Å². The second kappa shape index (κ2) is 8.78. The van der Waals surface area contributed by atoms with E-state index in [4.69, 9.17) is 0 Å². The number of rotatable bonds is 8. The molecule has 0 unspecified atom stereocenters. The van der Waals surface area contributed by atoms with Crippen LogP contribution in [-0.2, 0) is 21.2 Å². The number of amides is 1. The van der Waals surface area contributed by atoms with Gasteiger partial charge in [0, 0.05) is 5.69 Å². The van der Waals surface area contributed by atoms with Crippen molar-refractivity contribution in [2.24, 2.45) is 0 Å². The van der Waals surface area contributed by atoms with E-state index < -0.39 is 10.0 Å². The van der Waals surface area contributed by atoms with Gasteiger partial charge >= 0.3 is 0 Å². The van der Waals surface area contributed by atoms with Crippen LogP contribution in [0.3, 0.4) is 0 Å². The average molecular weight is 360 g/mol. The summed E-state index contributed by atoms with van der Waals surface area (Å²) in [6.07, 6.45) is 1.20. The van der Waals surface area contributed by atoms with Gasteiger partial charge < -0.3 is 5.32 Å². The van der Waals surface area contributed by atoms with Crippen molar-refractivity contribution in [3.05, 3.63) is 65.2 Å². The summed E-state index contributed by atoms with van der Waals surface area (Å²) in [4.78, 5) is 12.0. The zero-order chi connectivity index (χ0) is 18.3. The van der Waals surface area contributed by atoms with E-state index in [1.807, 2.05) is 62.4 Å². The fourth-order valence-corrected chi connectivity index (χ4v) is 3.53. The maximum atomic E-state index is 12.0. The highest BCUT2D eigenvalue weighted by Gasteiger charge is 2.13. The summed E-state index contributed by atoms with van der Waals surface area (Å²) in [5.41, 5.74) is 3.85. The van der Waals surface area contributed by atoms with E-state index in [1.165, 1.54) is 0 Å². The number of carbonyl (C=O) groups excluding carboxylic acids is 1. The average Bonchev–Trinajstić information content (AvgIpc) is 2.57. The molecule has 0 heterocycles. The minimum atomic E-state index is -3.47. The Bertz CT molecular complexity index is 818. The molecule has 0 aliphatic heterocycles. The molecular formula is C19H24N2O3S. The molecule has 2 aromatic carbocycles. The van der Waals surface area contributed by atoms with Crippen LogP contribution >= 0.6 is 0 Å². The van der Waals surface area contributed by atoms with Crippen molar-refractivity contribution in [3.8, 4) is 0 Å². The van der Waals surface area contributed by atoms with Gasteiger partial charge in [0.2, 0.25) is 15.9 Å². The smallest absolute Gasteiger partial charge is 0.239 e. The predicted molar refractivity (Wildman–Crippen MR) is 101 cm³/mol. The Labute approximate surface area is 149 Å². The molecule has 0 spiro atoms. The SMILES string of the molecule is Cc1ccc(NC(=O)CNS(=O)(=O)CCCc2ccccc2)c(C)c1. The van der Waals surface area contributed by atoms with Gasteiger partial charge in [-0.2, -0.15) is 0 Å². The van der Waals surface area contributed by atoms with Gasteiger partial charge in [-0.05, 0) is 43.9 Å². The number of nitrogens with one attached hydrogen (secondary N) is 2. The minimum Gasteiger partial charge on any atom is -0.325 e. The molecule has 0 saturated carbocycles. The molecule has 5 nitrogen and oxygen atoms in total. The first-order chi connectivity index (χ1) is 11.9. The molecule has 0 saturated heterocycles. The molecule has 0 aromatic heterocycles. The number of sulfonamides is 1. The topological polar surface area (TPSA) is 75.3 Å².